The van der Waals surface area contributed by atoms with Gasteiger partial charge in [0.1, 0.15) is 13.2 Å². The van der Waals surface area contributed by atoms with Gasteiger partial charge in [-0.05, 0) is 12.2 Å². The predicted octanol–water partition coefficient (Wildman–Crippen LogP) is 2.37. The fourth-order valence-corrected chi connectivity index (χ4v) is 0.386. The summed E-state index contributed by atoms with van der Waals surface area (Å²) < 4.78 is 0. The maximum absolute atomic E-state index is 5.18. The standard InChI is InChI=1S/C6H8Cl2O3/c7-3-1-5-9-11-10-6-2-4-8/h1-4H,5-6H2/b3-1+,4-2+. The van der Waals surface area contributed by atoms with Crippen molar-refractivity contribution in [1.82, 2.24) is 0 Å². The van der Waals surface area contributed by atoms with E-state index >= 15 is 0 Å². The molecule has 0 atom stereocenters. The molecular weight excluding hydrogens is 191 g/mol. The molecule has 0 aromatic heterocycles. The molecule has 11 heavy (non-hydrogen) atoms. The minimum atomic E-state index is 0.244. The number of halogens is 2. The molecule has 3 nitrogen and oxygen atoms in total. The molecule has 0 amide bonds. The molecule has 0 rings (SSSR count). The van der Waals surface area contributed by atoms with E-state index in [-0.39, 0.29) is 13.2 Å². The maximum Gasteiger partial charge on any atom is 0.105 e. The Bertz CT molecular complexity index is 111. The van der Waals surface area contributed by atoms with Crippen molar-refractivity contribution in [1.29, 1.82) is 0 Å². The highest BCUT2D eigenvalue weighted by atomic mass is 35.5. The van der Waals surface area contributed by atoms with Gasteiger partial charge in [0.25, 0.3) is 0 Å². The number of rotatable bonds is 6. The van der Waals surface area contributed by atoms with E-state index in [2.05, 4.69) is 14.8 Å². The van der Waals surface area contributed by atoms with Crippen LogP contribution in [0.3, 0.4) is 0 Å². The first-order valence-electron chi connectivity index (χ1n) is 2.83. The molecule has 0 aliphatic carbocycles. The van der Waals surface area contributed by atoms with Gasteiger partial charge in [0.05, 0.1) is 0 Å². The molecule has 0 saturated heterocycles. The summed E-state index contributed by atoms with van der Waals surface area (Å²) in [4.78, 5) is 8.90. The second-order valence-corrected chi connectivity index (χ2v) is 1.86. The average molecular weight is 199 g/mol. The van der Waals surface area contributed by atoms with Crippen LogP contribution >= 0.6 is 23.2 Å². The zero-order valence-electron chi connectivity index (χ0n) is 5.70. The quantitative estimate of drug-likeness (QED) is 0.373. The third-order valence-corrected chi connectivity index (χ3v) is 0.959. The summed E-state index contributed by atoms with van der Waals surface area (Å²) in [5.41, 5.74) is 2.64. The van der Waals surface area contributed by atoms with Crippen molar-refractivity contribution >= 4 is 23.2 Å². The molecule has 0 unspecified atom stereocenters. The second kappa shape index (κ2) is 9.94. The lowest BCUT2D eigenvalue weighted by Gasteiger charge is -1.96. The van der Waals surface area contributed by atoms with Crippen LogP contribution in [-0.2, 0) is 14.8 Å². The molecule has 0 radical (unpaired) electrons. The van der Waals surface area contributed by atoms with Crippen LogP contribution in [0.1, 0.15) is 0 Å². The molecule has 0 heterocycles. The van der Waals surface area contributed by atoms with Gasteiger partial charge in [-0.25, -0.2) is 9.78 Å². The van der Waals surface area contributed by atoms with Gasteiger partial charge in [0.15, 0.2) is 0 Å². The first-order chi connectivity index (χ1) is 5.41. The van der Waals surface area contributed by atoms with Crippen molar-refractivity contribution in [3.63, 3.8) is 0 Å². The van der Waals surface area contributed by atoms with E-state index in [0.717, 1.165) is 0 Å². The summed E-state index contributed by atoms with van der Waals surface area (Å²) in [6, 6.07) is 0. The molecule has 0 fully saturated rings. The average Bonchev–Trinajstić information content (AvgIpc) is 2.03. The van der Waals surface area contributed by atoms with Crippen LogP contribution in [0.4, 0.5) is 0 Å². The highest BCUT2D eigenvalue weighted by Gasteiger charge is 1.83. The third-order valence-electron chi connectivity index (χ3n) is 0.603. The summed E-state index contributed by atoms with van der Waals surface area (Å²) in [7, 11) is 0. The third kappa shape index (κ3) is 9.94. The van der Waals surface area contributed by atoms with Gasteiger partial charge in [0, 0.05) is 11.1 Å². The van der Waals surface area contributed by atoms with Crippen molar-refractivity contribution in [3.8, 4) is 0 Å². The Morgan fingerprint density at radius 3 is 1.73 bits per heavy atom. The van der Waals surface area contributed by atoms with Crippen molar-refractivity contribution < 1.29 is 14.8 Å². The predicted molar refractivity (Wildman–Crippen MR) is 43.0 cm³/mol. The molecule has 0 aliphatic rings. The van der Waals surface area contributed by atoms with Crippen LogP contribution < -0.4 is 0 Å². The first-order valence-corrected chi connectivity index (χ1v) is 3.70. The van der Waals surface area contributed by atoms with Crippen LogP contribution in [0.2, 0.25) is 0 Å². The minimum Gasteiger partial charge on any atom is -0.202 e. The lowest BCUT2D eigenvalue weighted by molar-refractivity contribution is -0.505. The molecule has 0 saturated carbocycles. The molecule has 64 valence electrons. The van der Waals surface area contributed by atoms with Crippen LogP contribution in [0.25, 0.3) is 0 Å². The van der Waals surface area contributed by atoms with Crippen molar-refractivity contribution in [3.05, 3.63) is 23.2 Å². The van der Waals surface area contributed by atoms with E-state index < -0.39 is 0 Å². The van der Waals surface area contributed by atoms with E-state index in [1.165, 1.54) is 11.1 Å². The van der Waals surface area contributed by atoms with E-state index in [1.54, 1.807) is 12.2 Å². The van der Waals surface area contributed by atoms with E-state index in [0.29, 0.717) is 0 Å². The molecular formula is C6H8Cl2O3. The van der Waals surface area contributed by atoms with Crippen molar-refractivity contribution in [2.24, 2.45) is 0 Å². The first kappa shape index (κ1) is 10.9. The van der Waals surface area contributed by atoms with Crippen LogP contribution in [-0.4, -0.2) is 13.2 Å². The van der Waals surface area contributed by atoms with Gasteiger partial charge in [-0.1, -0.05) is 28.2 Å². The lowest BCUT2D eigenvalue weighted by atomic mass is 10.7. The number of hydrogen-bond acceptors (Lipinski definition) is 3. The van der Waals surface area contributed by atoms with Crippen molar-refractivity contribution in [2.75, 3.05) is 13.2 Å². The summed E-state index contributed by atoms with van der Waals surface area (Å²) in [6.45, 7) is 0.488. The summed E-state index contributed by atoms with van der Waals surface area (Å²) >= 11 is 10.4. The van der Waals surface area contributed by atoms with Gasteiger partial charge < -0.3 is 0 Å². The van der Waals surface area contributed by atoms with Gasteiger partial charge in [0.2, 0.25) is 0 Å². The molecule has 0 bridgehead atoms. The summed E-state index contributed by atoms with van der Waals surface area (Å²) in [6.07, 6.45) is 3.12. The van der Waals surface area contributed by atoms with Gasteiger partial charge in [-0.3, -0.25) is 0 Å². The summed E-state index contributed by atoms with van der Waals surface area (Å²) in [5, 5.41) is 4.22. The zero-order valence-corrected chi connectivity index (χ0v) is 7.22. The molecule has 0 aliphatic heterocycles. The summed E-state index contributed by atoms with van der Waals surface area (Å²) in [5.74, 6) is 0. The largest absolute Gasteiger partial charge is 0.202 e. The maximum atomic E-state index is 5.18. The molecule has 5 heteroatoms. The SMILES string of the molecule is Cl/C=C/COOOC/C=C/Cl. The Morgan fingerprint density at radius 2 is 1.36 bits per heavy atom. The molecule has 0 aromatic carbocycles. The number of hydrogen-bond donors (Lipinski definition) is 0. The monoisotopic (exact) mass is 198 g/mol. The van der Waals surface area contributed by atoms with Gasteiger partial charge in [-0.2, -0.15) is 0 Å². The Balaban J connectivity index is 2.90. The Kier molecular flexibility index (Phi) is 9.89. The lowest BCUT2D eigenvalue weighted by Crippen LogP contribution is -1.96. The van der Waals surface area contributed by atoms with Crippen LogP contribution in [0.5, 0.6) is 0 Å². The highest BCUT2D eigenvalue weighted by Crippen LogP contribution is 1.86. The van der Waals surface area contributed by atoms with E-state index in [1.807, 2.05) is 0 Å². The van der Waals surface area contributed by atoms with Gasteiger partial charge in [-0.15, -0.1) is 0 Å². The smallest absolute Gasteiger partial charge is 0.105 e. The Morgan fingerprint density at radius 1 is 0.909 bits per heavy atom. The molecule has 0 spiro atoms. The molecule has 0 aromatic rings. The van der Waals surface area contributed by atoms with Gasteiger partial charge >= 0.3 is 0 Å². The van der Waals surface area contributed by atoms with E-state index in [9.17, 15) is 0 Å². The van der Waals surface area contributed by atoms with E-state index in [4.69, 9.17) is 23.2 Å². The topological polar surface area (TPSA) is 27.7 Å². The molecule has 0 N–H and O–H groups in total. The Hall–Kier alpha value is -0.0600. The minimum absolute atomic E-state index is 0.244. The highest BCUT2D eigenvalue weighted by molar-refractivity contribution is 6.25. The fraction of sp³-hybridized carbons (Fsp3) is 0.333. The van der Waals surface area contributed by atoms with Crippen LogP contribution in [0.15, 0.2) is 23.2 Å². The van der Waals surface area contributed by atoms with Crippen LogP contribution in [0, 0.1) is 0 Å². The van der Waals surface area contributed by atoms with Crippen molar-refractivity contribution in [2.45, 2.75) is 0 Å². The normalized spacial score (nSPS) is 11.8. The Labute approximate surface area is 75.0 Å². The zero-order chi connectivity index (χ0) is 8.36. The fourth-order valence-electron chi connectivity index (χ4n) is 0.241. The second-order valence-electron chi connectivity index (χ2n) is 1.36.